The van der Waals surface area contributed by atoms with Crippen molar-refractivity contribution in [2.24, 2.45) is 0 Å². The van der Waals surface area contributed by atoms with Gasteiger partial charge >= 0.3 is 0 Å². The van der Waals surface area contributed by atoms with Crippen molar-refractivity contribution in [3.8, 4) is 5.75 Å². The minimum Gasteiger partial charge on any atom is -0.493 e. The zero-order chi connectivity index (χ0) is 23.5. The maximum absolute atomic E-state index is 13.3. The van der Waals surface area contributed by atoms with Gasteiger partial charge in [-0.25, -0.2) is 0 Å². The SMILES string of the molecule is CCOc1ccc(CN2C(=O)c3ccccc3C2=O)cc1C(=O)Nc1c(C)cccc1CC. The number of benzene rings is 3. The molecule has 0 atom stereocenters. The number of imide groups is 1. The molecule has 0 spiro atoms. The predicted octanol–water partition coefficient (Wildman–Crippen LogP) is 5.00. The molecule has 3 amide bonds. The van der Waals surface area contributed by atoms with Gasteiger partial charge in [-0.3, -0.25) is 19.3 Å². The van der Waals surface area contributed by atoms with Crippen molar-refractivity contribution in [1.29, 1.82) is 0 Å². The number of anilines is 1. The molecule has 3 aromatic rings. The molecule has 0 radical (unpaired) electrons. The smallest absolute Gasteiger partial charge is 0.261 e. The summed E-state index contributed by atoms with van der Waals surface area (Å²) < 4.78 is 5.69. The summed E-state index contributed by atoms with van der Waals surface area (Å²) in [6.07, 6.45) is 0.787. The average molecular weight is 443 g/mol. The van der Waals surface area contributed by atoms with Gasteiger partial charge in [0.2, 0.25) is 0 Å². The lowest BCUT2D eigenvalue weighted by Gasteiger charge is -2.18. The van der Waals surface area contributed by atoms with Crippen LogP contribution in [0.25, 0.3) is 0 Å². The number of nitrogens with zero attached hydrogens (tertiary/aromatic N) is 1. The van der Waals surface area contributed by atoms with Crippen LogP contribution in [-0.4, -0.2) is 29.2 Å². The second kappa shape index (κ2) is 9.28. The summed E-state index contributed by atoms with van der Waals surface area (Å²) in [5, 5.41) is 3.03. The van der Waals surface area contributed by atoms with Crippen molar-refractivity contribution in [3.63, 3.8) is 0 Å². The second-order valence-corrected chi connectivity index (χ2v) is 7.92. The van der Waals surface area contributed by atoms with Crippen molar-refractivity contribution in [1.82, 2.24) is 4.90 Å². The van der Waals surface area contributed by atoms with E-state index in [0.717, 1.165) is 23.2 Å². The van der Waals surface area contributed by atoms with Gasteiger partial charge in [-0.2, -0.15) is 0 Å². The van der Waals surface area contributed by atoms with Gasteiger partial charge in [-0.05, 0) is 61.2 Å². The topological polar surface area (TPSA) is 75.7 Å². The van der Waals surface area contributed by atoms with E-state index in [0.29, 0.717) is 34.6 Å². The third-order valence-electron chi connectivity index (χ3n) is 5.79. The standard InChI is InChI=1S/C27H26N2O4/c1-4-19-10-8-9-17(3)24(19)28-25(30)22-15-18(13-14-23(22)33-5-2)16-29-26(31)20-11-6-7-12-21(20)27(29)32/h6-15H,4-5,16H2,1-3H3,(H,28,30). The number of nitrogens with one attached hydrogen (secondary N) is 1. The fourth-order valence-electron chi connectivity index (χ4n) is 4.08. The fourth-order valence-corrected chi connectivity index (χ4v) is 4.08. The van der Waals surface area contributed by atoms with Gasteiger partial charge < -0.3 is 10.1 Å². The highest BCUT2D eigenvalue weighted by Gasteiger charge is 2.35. The molecule has 168 valence electrons. The number of para-hydroxylation sites is 1. The lowest BCUT2D eigenvalue weighted by molar-refractivity contribution is 0.0642. The van der Waals surface area contributed by atoms with E-state index in [1.54, 1.807) is 42.5 Å². The monoisotopic (exact) mass is 442 g/mol. The lowest BCUT2D eigenvalue weighted by Crippen LogP contribution is -2.29. The van der Waals surface area contributed by atoms with Crippen LogP contribution in [0.1, 0.15) is 61.6 Å². The number of hydrogen-bond acceptors (Lipinski definition) is 4. The van der Waals surface area contributed by atoms with Gasteiger partial charge in [0.15, 0.2) is 0 Å². The number of rotatable bonds is 7. The van der Waals surface area contributed by atoms with Crippen molar-refractivity contribution >= 4 is 23.4 Å². The number of carbonyl (C=O) groups is 3. The molecule has 1 heterocycles. The van der Waals surface area contributed by atoms with Gasteiger partial charge in [0.1, 0.15) is 5.75 Å². The van der Waals surface area contributed by atoms with Gasteiger partial charge in [0, 0.05) is 5.69 Å². The number of carbonyl (C=O) groups excluding carboxylic acids is 3. The van der Waals surface area contributed by atoms with Crippen molar-refractivity contribution < 1.29 is 19.1 Å². The highest BCUT2D eigenvalue weighted by atomic mass is 16.5. The first-order chi connectivity index (χ1) is 15.9. The maximum Gasteiger partial charge on any atom is 0.261 e. The Morgan fingerprint density at radius 1 is 0.939 bits per heavy atom. The van der Waals surface area contributed by atoms with E-state index in [1.807, 2.05) is 39.0 Å². The molecular weight excluding hydrogens is 416 g/mol. The molecule has 0 aliphatic carbocycles. The van der Waals surface area contributed by atoms with Gasteiger partial charge in [0.25, 0.3) is 17.7 Å². The molecule has 0 aromatic heterocycles. The largest absolute Gasteiger partial charge is 0.493 e. The van der Waals surface area contributed by atoms with Crippen LogP contribution in [0.4, 0.5) is 5.69 Å². The van der Waals surface area contributed by atoms with Crippen LogP contribution in [0.3, 0.4) is 0 Å². The van der Waals surface area contributed by atoms with Crippen molar-refractivity contribution in [2.75, 3.05) is 11.9 Å². The Morgan fingerprint density at radius 2 is 1.64 bits per heavy atom. The summed E-state index contributed by atoms with van der Waals surface area (Å²) in [5.41, 5.74) is 4.63. The molecule has 1 N–H and O–H groups in total. The van der Waals surface area contributed by atoms with Crippen molar-refractivity contribution in [2.45, 2.75) is 33.7 Å². The normalized spacial score (nSPS) is 12.6. The Hall–Kier alpha value is -3.93. The molecular formula is C27H26N2O4. The maximum atomic E-state index is 13.3. The second-order valence-electron chi connectivity index (χ2n) is 7.92. The first kappa shape index (κ1) is 22.3. The summed E-state index contributed by atoms with van der Waals surface area (Å²) in [5.74, 6) is -0.509. The van der Waals surface area contributed by atoms with E-state index in [9.17, 15) is 14.4 Å². The number of hydrogen-bond donors (Lipinski definition) is 1. The molecule has 1 aliphatic heterocycles. The molecule has 1 aliphatic rings. The average Bonchev–Trinajstić information content (AvgIpc) is 3.06. The number of aryl methyl sites for hydroxylation is 2. The van der Waals surface area contributed by atoms with E-state index in [1.165, 1.54) is 4.90 Å². The summed E-state index contributed by atoms with van der Waals surface area (Å²) in [6.45, 7) is 6.33. The Bertz CT molecular complexity index is 1210. The Labute approximate surface area is 193 Å². The van der Waals surface area contributed by atoms with Gasteiger partial charge in [0.05, 0.1) is 29.8 Å². The van der Waals surface area contributed by atoms with Crippen LogP contribution in [0.2, 0.25) is 0 Å². The number of fused-ring (bicyclic) bond motifs is 1. The van der Waals surface area contributed by atoms with Gasteiger partial charge in [-0.15, -0.1) is 0 Å². The molecule has 0 bridgehead atoms. The summed E-state index contributed by atoms with van der Waals surface area (Å²) in [7, 11) is 0. The van der Waals surface area contributed by atoms with Gasteiger partial charge in [-0.1, -0.05) is 43.3 Å². The molecule has 4 rings (SSSR count). The van der Waals surface area contributed by atoms with Crippen LogP contribution in [-0.2, 0) is 13.0 Å². The number of ether oxygens (including phenoxy) is 1. The van der Waals surface area contributed by atoms with Crippen LogP contribution >= 0.6 is 0 Å². The molecule has 0 saturated heterocycles. The quantitative estimate of drug-likeness (QED) is 0.522. The first-order valence-electron chi connectivity index (χ1n) is 11.0. The van der Waals surface area contributed by atoms with E-state index in [2.05, 4.69) is 5.32 Å². The van der Waals surface area contributed by atoms with E-state index >= 15 is 0 Å². The van der Waals surface area contributed by atoms with E-state index in [-0.39, 0.29) is 24.3 Å². The molecule has 0 saturated carbocycles. The third-order valence-corrected chi connectivity index (χ3v) is 5.79. The van der Waals surface area contributed by atoms with Crippen molar-refractivity contribution in [3.05, 3.63) is 94.0 Å². The van der Waals surface area contributed by atoms with Crippen LogP contribution < -0.4 is 10.1 Å². The summed E-state index contributed by atoms with van der Waals surface area (Å²) in [4.78, 5) is 40.0. The Balaban J connectivity index is 1.64. The Morgan fingerprint density at radius 3 is 2.27 bits per heavy atom. The zero-order valence-corrected chi connectivity index (χ0v) is 19.0. The van der Waals surface area contributed by atoms with Crippen LogP contribution in [0.15, 0.2) is 60.7 Å². The molecule has 3 aromatic carbocycles. The zero-order valence-electron chi connectivity index (χ0n) is 19.0. The Kier molecular flexibility index (Phi) is 6.27. The lowest BCUT2D eigenvalue weighted by atomic mass is 10.0. The highest BCUT2D eigenvalue weighted by Crippen LogP contribution is 2.28. The summed E-state index contributed by atoms with van der Waals surface area (Å²) in [6, 6.07) is 17.9. The third kappa shape index (κ3) is 4.24. The molecule has 0 fully saturated rings. The molecule has 33 heavy (non-hydrogen) atoms. The molecule has 6 nitrogen and oxygen atoms in total. The molecule has 0 unspecified atom stereocenters. The molecule has 6 heteroatoms. The minimum absolute atomic E-state index is 0.0730. The van der Waals surface area contributed by atoms with E-state index in [4.69, 9.17) is 4.74 Å². The summed E-state index contributed by atoms with van der Waals surface area (Å²) >= 11 is 0. The number of amides is 3. The van der Waals surface area contributed by atoms with Crippen LogP contribution in [0, 0.1) is 6.92 Å². The predicted molar refractivity (Wildman–Crippen MR) is 127 cm³/mol. The first-order valence-corrected chi connectivity index (χ1v) is 11.0. The fraction of sp³-hybridized carbons (Fsp3) is 0.222. The highest BCUT2D eigenvalue weighted by molar-refractivity contribution is 6.21. The van der Waals surface area contributed by atoms with E-state index < -0.39 is 0 Å². The minimum atomic E-state index is -0.331. The van der Waals surface area contributed by atoms with Crippen LogP contribution in [0.5, 0.6) is 5.75 Å².